The van der Waals surface area contributed by atoms with Gasteiger partial charge in [0, 0.05) is 4.83 Å². The summed E-state index contributed by atoms with van der Waals surface area (Å²) in [5.41, 5.74) is 0.650. The van der Waals surface area contributed by atoms with E-state index in [0.29, 0.717) is 12.0 Å². The number of allylic oxidation sites excluding steroid dienone is 2. The predicted molar refractivity (Wildman–Crippen MR) is 55.2 cm³/mol. The number of halogens is 2. The van der Waals surface area contributed by atoms with Gasteiger partial charge in [-0.05, 0) is 23.9 Å². The number of Topliss-reactive ketones (excluding diaryl/α,β-unsaturated/α-hetero) is 1. The van der Waals surface area contributed by atoms with E-state index in [9.17, 15) is 4.79 Å². The highest BCUT2D eigenvalue weighted by molar-refractivity contribution is 9.11. The van der Waals surface area contributed by atoms with Crippen LogP contribution >= 0.6 is 31.9 Å². The second-order valence-corrected chi connectivity index (χ2v) is 3.90. The number of ketones is 1. The van der Waals surface area contributed by atoms with Crippen LogP contribution in [0.15, 0.2) is 23.2 Å². The number of carbonyl (C=O) groups is 1. The fourth-order valence-corrected chi connectivity index (χ4v) is 1.85. The zero-order chi connectivity index (χ0) is 8.85. The molecule has 0 bridgehead atoms. The fraction of sp³-hybridized carbons (Fsp3) is 0.375. The van der Waals surface area contributed by atoms with Crippen molar-refractivity contribution in [2.75, 3.05) is 0 Å². The standard InChI is InChI=1S/C8H10Br2O/c1-6(7(2)11)5-8(10)3-4-9/h3-4,8H,1,5H2,2H3/b4-3+. The highest BCUT2D eigenvalue weighted by Crippen LogP contribution is 2.13. The van der Waals surface area contributed by atoms with E-state index < -0.39 is 0 Å². The molecule has 1 atom stereocenters. The van der Waals surface area contributed by atoms with Gasteiger partial charge in [0.1, 0.15) is 0 Å². The van der Waals surface area contributed by atoms with Crippen LogP contribution in [0.2, 0.25) is 0 Å². The van der Waals surface area contributed by atoms with E-state index >= 15 is 0 Å². The molecular formula is C8H10Br2O. The maximum absolute atomic E-state index is 10.7. The first-order chi connectivity index (χ1) is 5.07. The van der Waals surface area contributed by atoms with E-state index in [0.717, 1.165) is 0 Å². The van der Waals surface area contributed by atoms with E-state index in [2.05, 4.69) is 38.4 Å². The molecule has 0 rings (SSSR count). The summed E-state index contributed by atoms with van der Waals surface area (Å²) < 4.78 is 0. The van der Waals surface area contributed by atoms with Gasteiger partial charge in [-0.2, -0.15) is 0 Å². The molecular weight excluding hydrogens is 272 g/mol. The topological polar surface area (TPSA) is 17.1 Å². The number of carbonyl (C=O) groups excluding carboxylic acids is 1. The summed E-state index contributed by atoms with van der Waals surface area (Å²) in [6, 6.07) is 0. The molecule has 0 aromatic heterocycles. The van der Waals surface area contributed by atoms with Gasteiger partial charge < -0.3 is 0 Å². The molecule has 1 nitrogen and oxygen atoms in total. The summed E-state index contributed by atoms with van der Waals surface area (Å²) in [6.07, 6.45) is 2.57. The molecule has 0 aromatic carbocycles. The smallest absolute Gasteiger partial charge is 0.155 e. The average molecular weight is 282 g/mol. The maximum atomic E-state index is 10.7. The third-order valence-corrected chi connectivity index (χ3v) is 2.16. The molecule has 0 aliphatic heterocycles. The van der Waals surface area contributed by atoms with Gasteiger partial charge in [-0.3, -0.25) is 4.79 Å². The van der Waals surface area contributed by atoms with Crippen LogP contribution in [-0.2, 0) is 4.79 Å². The Balaban J connectivity index is 3.85. The van der Waals surface area contributed by atoms with Crippen LogP contribution in [0.25, 0.3) is 0 Å². The quantitative estimate of drug-likeness (QED) is 0.571. The zero-order valence-corrected chi connectivity index (χ0v) is 9.48. The van der Waals surface area contributed by atoms with Crippen molar-refractivity contribution in [2.24, 2.45) is 0 Å². The van der Waals surface area contributed by atoms with Gasteiger partial charge in [-0.1, -0.05) is 44.5 Å². The van der Waals surface area contributed by atoms with Crippen LogP contribution in [0, 0.1) is 0 Å². The molecule has 0 saturated heterocycles. The molecule has 0 amide bonds. The first kappa shape index (κ1) is 11.1. The molecule has 0 fully saturated rings. The Labute approximate surface area is 83.8 Å². The molecule has 62 valence electrons. The Morgan fingerprint density at radius 3 is 2.64 bits per heavy atom. The van der Waals surface area contributed by atoms with Gasteiger partial charge in [-0.15, -0.1) is 0 Å². The molecule has 0 aliphatic carbocycles. The Kier molecular flexibility index (Phi) is 5.78. The Morgan fingerprint density at radius 2 is 2.27 bits per heavy atom. The summed E-state index contributed by atoms with van der Waals surface area (Å²) in [5, 5.41) is 0. The van der Waals surface area contributed by atoms with Crippen molar-refractivity contribution in [2.45, 2.75) is 18.2 Å². The molecule has 0 saturated carbocycles. The normalized spacial score (nSPS) is 13.4. The largest absolute Gasteiger partial charge is 0.295 e. The first-order valence-corrected chi connectivity index (χ1v) is 5.00. The minimum Gasteiger partial charge on any atom is -0.295 e. The van der Waals surface area contributed by atoms with Crippen molar-refractivity contribution in [3.05, 3.63) is 23.2 Å². The third-order valence-electron chi connectivity index (χ3n) is 1.22. The molecule has 3 heteroatoms. The van der Waals surface area contributed by atoms with E-state index in [-0.39, 0.29) is 10.6 Å². The second-order valence-electron chi connectivity index (χ2n) is 2.20. The minimum atomic E-state index is 0.0532. The SMILES string of the molecule is C=C(CC(Br)/C=C/Br)C(C)=O. The highest BCUT2D eigenvalue weighted by Gasteiger charge is 2.05. The molecule has 0 aromatic rings. The number of alkyl halides is 1. The maximum Gasteiger partial charge on any atom is 0.155 e. The Morgan fingerprint density at radius 1 is 1.73 bits per heavy atom. The van der Waals surface area contributed by atoms with Crippen LogP contribution in [0.5, 0.6) is 0 Å². The van der Waals surface area contributed by atoms with Crippen molar-refractivity contribution >= 4 is 37.6 Å². The van der Waals surface area contributed by atoms with Crippen LogP contribution in [0.3, 0.4) is 0 Å². The highest BCUT2D eigenvalue weighted by atomic mass is 79.9. The van der Waals surface area contributed by atoms with E-state index in [4.69, 9.17) is 0 Å². The lowest BCUT2D eigenvalue weighted by Gasteiger charge is -2.03. The van der Waals surface area contributed by atoms with Crippen molar-refractivity contribution in [3.8, 4) is 0 Å². The minimum absolute atomic E-state index is 0.0532. The summed E-state index contributed by atoms with van der Waals surface area (Å²) in [6.45, 7) is 5.18. The molecule has 0 radical (unpaired) electrons. The zero-order valence-electron chi connectivity index (χ0n) is 6.31. The van der Waals surface area contributed by atoms with Gasteiger partial charge >= 0.3 is 0 Å². The van der Waals surface area contributed by atoms with Gasteiger partial charge in [0.2, 0.25) is 0 Å². The lowest BCUT2D eigenvalue weighted by molar-refractivity contribution is -0.113. The number of rotatable bonds is 4. The Bertz CT molecular complexity index is 185. The van der Waals surface area contributed by atoms with E-state index in [1.165, 1.54) is 6.92 Å². The predicted octanol–water partition coefficient (Wildman–Crippen LogP) is 3.19. The number of hydrogen-bond donors (Lipinski definition) is 0. The van der Waals surface area contributed by atoms with Crippen molar-refractivity contribution in [1.29, 1.82) is 0 Å². The summed E-state index contributed by atoms with van der Waals surface area (Å²) in [5.74, 6) is 0.0532. The molecule has 0 spiro atoms. The van der Waals surface area contributed by atoms with Crippen LogP contribution in [0.1, 0.15) is 13.3 Å². The van der Waals surface area contributed by atoms with Crippen LogP contribution in [0.4, 0.5) is 0 Å². The van der Waals surface area contributed by atoms with Gasteiger partial charge in [0.05, 0.1) is 0 Å². The van der Waals surface area contributed by atoms with Gasteiger partial charge in [-0.25, -0.2) is 0 Å². The molecule has 1 unspecified atom stereocenters. The lowest BCUT2D eigenvalue weighted by Crippen LogP contribution is -2.01. The summed E-state index contributed by atoms with van der Waals surface area (Å²) >= 11 is 6.53. The number of hydrogen-bond acceptors (Lipinski definition) is 1. The molecule has 0 N–H and O–H groups in total. The molecule has 11 heavy (non-hydrogen) atoms. The lowest BCUT2D eigenvalue weighted by atomic mass is 10.1. The summed E-state index contributed by atoms with van der Waals surface area (Å²) in [4.78, 5) is 12.7. The Hall–Kier alpha value is 0.110. The molecule has 0 heterocycles. The fourth-order valence-electron chi connectivity index (χ4n) is 0.526. The average Bonchev–Trinajstić information content (AvgIpc) is 1.87. The van der Waals surface area contributed by atoms with Crippen molar-refractivity contribution in [3.63, 3.8) is 0 Å². The molecule has 0 aliphatic rings. The monoisotopic (exact) mass is 280 g/mol. The van der Waals surface area contributed by atoms with Gasteiger partial charge in [0.15, 0.2) is 5.78 Å². The third kappa shape index (κ3) is 5.39. The second kappa shape index (κ2) is 5.72. The van der Waals surface area contributed by atoms with Crippen molar-refractivity contribution in [1.82, 2.24) is 0 Å². The van der Waals surface area contributed by atoms with Crippen LogP contribution < -0.4 is 0 Å². The first-order valence-electron chi connectivity index (χ1n) is 3.17. The van der Waals surface area contributed by atoms with E-state index in [1.54, 1.807) is 4.99 Å². The van der Waals surface area contributed by atoms with Crippen LogP contribution in [-0.4, -0.2) is 10.6 Å². The van der Waals surface area contributed by atoms with E-state index in [1.807, 2.05) is 6.08 Å². The van der Waals surface area contributed by atoms with Gasteiger partial charge in [0.25, 0.3) is 0 Å². The van der Waals surface area contributed by atoms with Crippen molar-refractivity contribution < 1.29 is 4.79 Å². The summed E-state index contributed by atoms with van der Waals surface area (Å²) in [7, 11) is 0.